The van der Waals surface area contributed by atoms with Crippen molar-refractivity contribution in [3.8, 4) is 0 Å². The van der Waals surface area contributed by atoms with E-state index in [4.69, 9.17) is 0 Å². The van der Waals surface area contributed by atoms with Crippen molar-refractivity contribution in [2.45, 2.75) is 70.4 Å². The molecule has 6 heteroatoms. The van der Waals surface area contributed by atoms with Gasteiger partial charge in [0.15, 0.2) is 0 Å². The highest BCUT2D eigenvalue weighted by atomic mass is 16.2. The molecular formula is C25H30N4O2. The summed E-state index contributed by atoms with van der Waals surface area (Å²) in [6, 6.07) is 9.36. The Morgan fingerprint density at radius 2 is 1.42 bits per heavy atom. The lowest BCUT2D eigenvalue weighted by Gasteiger charge is -2.62. The van der Waals surface area contributed by atoms with Crippen LogP contribution in [0.25, 0.3) is 0 Å². The fraction of sp³-hybridized carbons (Fsp3) is 0.520. The van der Waals surface area contributed by atoms with Crippen LogP contribution in [-0.4, -0.2) is 32.9 Å². The average molecular weight is 419 g/mol. The van der Waals surface area contributed by atoms with E-state index in [1.54, 1.807) is 6.07 Å². The van der Waals surface area contributed by atoms with E-state index in [9.17, 15) is 9.59 Å². The summed E-state index contributed by atoms with van der Waals surface area (Å²) in [5.41, 5.74) is 3.14. The van der Waals surface area contributed by atoms with Gasteiger partial charge in [-0.2, -0.15) is 0 Å². The van der Waals surface area contributed by atoms with Gasteiger partial charge in [0.25, 0.3) is 11.8 Å². The van der Waals surface area contributed by atoms with Crippen molar-refractivity contribution in [1.82, 2.24) is 20.6 Å². The Hall–Kier alpha value is -2.76. The van der Waals surface area contributed by atoms with Gasteiger partial charge in [0, 0.05) is 22.5 Å². The van der Waals surface area contributed by atoms with Crippen molar-refractivity contribution < 1.29 is 9.59 Å². The van der Waals surface area contributed by atoms with Gasteiger partial charge in [-0.15, -0.1) is 0 Å². The average Bonchev–Trinajstić information content (AvgIpc) is 2.65. The Morgan fingerprint density at radius 3 is 2.00 bits per heavy atom. The standard InChI is InChI=1S/C25H30N4O2/c1-15-7-17(3)27-21(8-15)23(31)29-25-12-18-9-19(13-25)11-24(10-18,14-25)28-22(30)20-6-4-5-16(2)26-20/h4-8,18-19H,9-14H2,1-3H3,(H,28,30)(H,29,31). The second kappa shape index (κ2) is 7.14. The van der Waals surface area contributed by atoms with Crippen LogP contribution in [0, 0.1) is 32.6 Å². The van der Waals surface area contributed by atoms with Crippen LogP contribution in [0.1, 0.15) is 76.5 Å². The molecule has 2 heterocycles. The van der Waals surface area contributed by atoms with Crippen LogP contribution in [0.5, 0.6) is 0 Å². The minimum absolute atomic E-state index is 0.101. The molecule has 0 spiro atoms. The Labute approximate surface area is 183 Å². The fourth-order valence-electron chi connectivity index (χ4n) is 6.79. The summed E-state index contributed by atoms with van der Waals surface area (Å²) in [4.78, 5) is 35.0. The topological polar surface area (TPSA) is 84.0 Å². The molecule has 2 N–H and O–H groups in total. The van der Waals surface area contributed by atoms with Crippen molar-refractivity contribution >= 4 is 11.8 Å². The third-order valence-corrected chi connectivity index (χ3v) is 7.27. The predicted molar refractivity (Wildman–Crippen MR) is 118 cm³/mol. The van der Waals surface area contributed by atoms with Gasteiger partial charge in [-0.3, -0.25) is 9.59 Å². The zero-order valence-corrected chi connectivity index (χ0v) is 18.5. The first-order chi connectivity index (χ1) is 14.7. The Balaban J connectivity index is 1.38. The number of amides is 2. The smallest absolute Gasteiger partial charge is 0.270 e. The number of nitrogens with zero attached hydrogens (tertiary/aromatic N) is 2. The molecule has 162 valence electrons. The number of pyridine rings is 2. The zero-order chi connectivity index (χ0) is 21.8. The van der Waals surface area contributed by atoms with E-state index in [1.807, 2.05) is 45.0 Å². The molecule has 2 unspecified atom stereocenters. The number of aryl methyl sites for hydroxylation is 3. The lowest BCUT2D eigenvalue weighted by Crippen LogP contribution is -2.70. The number of hydrogen-bond acceptors (Lipinski definition) is 4. The lowest BCUT2D eigenvalue weighted by atomic mass is 9.49. The lowest BCUT2D eigenvalue weighted by molar-refractivity contribution is -0.0449. The molecule has 2 aromatic rings. The number of hydrogen-bond donors (Lipinski definition) is 2. The molecule has 4 fully saturated rings. The number of rotatable bonds is 4. The molecule has 6 nitrogen and oxygen atoms in total. The van der Waals surface area contributed by atoms with E-state index in [2.05, 4.69) is 20.6 Å². The van der Waals surface area contributed by atoms with Crippen molar-refractivity contribution in [3.63, 3.8) is 0 Å². The van der Waals surface area contributed by atoms with Gasteiger partial charge in [-0.25, -0.2) is 9.97 Å². The molecule has 0 aliphatic heterocycles. The van der Waals surface area contributed by atoms with E-state index in [0.717, 1.165) is 49.1 Å². The summed E-state index contributed by atoms with van der Waals surface area (Å²) in [7, 11) is 0. The molecule has 0 radical (unpaired) electrons. The quantitative estimate of drug-likeness (QED) is 0.794. The van der Waals surface area contributed by atoms with Crippen LogP contribution >= 0.6 is 0 Å². The van der Waals surface area contributed by atoms with E-state index >= 15 is 0 Å². The van der Waals surface area contributed by atoms with E-state index in [1.165, 1.54) is 6.42 Å². The molecule has 6 rings (SSSR count). The fourth-order valence-corrected chi connectivity index (χ4v) is 6.79. The van der Waals surface area contributed by atoms with Crippen molar-refractivity contribution in [2.75, 3.05) is 0 Å². The predicted octanol–water partition coefficient (Wildman–Crippen LogP) is 3.65. The molecule has 2 atom stereocenters. The van der Waals surface area contributed by atoms with Gasteiger partial charge in [-0.05, 0) is 101 Å². The molecule has 2 amide bonds. The molecule has 4 aliphatic carbocycles. The second-order valence-corrected chi connectivity index (χ2v) is 10.3. The maximum atomic E-state index is 13.1. The third kappa shape index (κ3) is 3.84. The summed E-state index contributed by atoms with van der Waals surface area (Å²) in [6.07, 6.45) is 5.92. The van der Waals surface area contributed by atoms with Crippen molar-refractivity contribution in [1.29, 1.82) is 0 Å². The van der Waals surface area contributed by atoms with Gasteiger partial charge in [0.1, 0.15) is 11.4 Å². The normalized spacial score (nSPS) is 30.8. The molecule has 2 aromatic heterocycles. The van der Waals surface area contributed by atoms with Crippen LogP contribution in [0.2, 0.25) is 0 Å². The van der Waals surface area contributed by atoms with Gasteiger partial charge < -0.3 is 10.6 Å². The summed E-state index contributed by atoms with van der Waals surface area (Å²) >= 11 is 0. The third-order valence-electron chi connectivity index (χ3n) is 7.27. The van der Waals surface area contributed by atoms with Crippen LogP contribution < -0.4 is 10.6 Å². The first-order valence-electron chi connectivity index (χ1n) is 11.3. The molecule has 0 aromatic carbocycles. The van der Waals surface area contributed by atoms with E-state index in [0.29, 0.717) is 23.2 Å². The maximum Gasteiger partial charge on any atom is 0.270 e. The highest BCUT2D eigenvalue weighted by molar-refractivity contribution is 5.94. The Bertz CT molecular complexity index is 1030. The van der Waals surface area contributed by atoms with E-state index in [-0.39, 0.29) is 22.9 Å². The number of carbonyl (C=O) groups is 2. The van der Waals surface area contributed by atoms with Crippen LogP contribution in [0.15, 0.2) is 30.3 Å². The minimum Gasteiger partial charge on any atom is -0.345 e. The number of carbonyl (C=O) groups excluding carboxylic acids is 2. The van der Waals surface area contributed by atoms with Crippen LogP contribution in [0.4, 0.5) is 0 Å². The molecular weight excluding hydrogens is 388 g/mol. The minimum atomic E-state index is -0.270. The van der Waals surface area contributed by atoms with Gasteiger partial charge in [0.2, 0.25) is 0 Å². The van der Waals surface area contributed by atoms with Gasteiger partial charge in [-0.1, -0.05) is 6.07 Å². The molecule has 0 saturated heterocycles. The SMILES string of the molecule is Cc1cc(C)nc(C(=O)NC23CC4CC(CC(NC(=O)c5cccc(C)n5)(C4)C2)C3)c1. The van der Waals surface area contributed by atoms with Crippen molar-refractivity contribution in [3.05, 3.63) is 58.7 Å². The monoisotopic (exact) mass is 418 g/mol. The summed E-state index contributed by atoms with van der Waals surface area (Å²) < 4.78 is 0. The van der Waals surface area contributed by atoms with E-state index < -0.39 is 0 Å². The highest BCUT2D eigenvalue weighted by Crippen LogP contribution is 2.57. The summed E-state index contributed by atoms with van der Waals surface area (Å²) in [5, 5.41) is 6.73. The molecule has 4 bridgehead atoms. The zero-order valence-electron chi connectivity index (χ0n) is 18.5. The van der Waals surface area contributed by atoms with Crippen molar-refractivity contribution in [2.24, 2.45) is 11.8 Å². The maximum absolute atomic E-state index is 13.1. The Kier molecular flexibility index (Phi) is 4.65. The molecule has 4 saturated carbocycles. The van der Waals surface area contributed by atoms with Gasteiger partial charge in [0.05, 0.1) is 0 Å². The number of nitrogens with one attached hydrogen (secondary N) is 2. The van der Waals surface area contributed by atoms with Crippen LogP contribution in [0.3, 0.4) is 0 Å². The summed E-state index contributed by atoms with van der Waals surface area (Å²) in [5.74, 6) is 0.845. The number of aromatic nitrogens is 2. The second-order valence-electron chi connectivity index (χ2n) is 10.3. The van der Waals surface area contributed by atoms with Gasteiger partial charge >= 0.3 is 0 Å². The largest absolute Gasteiger partial charge is 0.345 e. The van der Waals surface area contributed by atoms with Crippen LogP contribution in [-0.2, 0) is 0 Å². The molecule has 31 heavy (non-hydrogen) atoms. The Morgan fingerprint density at radius 1 is 0.839 bits per heavy atom. The first kappa shape index (κ1) is 20.2. The summed E-state index contributed by atoms with van der Waals surface area (Å²) in [6.45, 7) is 5.80. The highest BCUT2D eigenvalue weighted by Gasteiger charge is 2.58. The first-order valence-corrected chi connectivity index (χ1v) is 11.3. The molecule has 4 aliphatic rings.